The molecule has 0 aliphatic carbocycles. The van der Waals surface area contributed by atoms with Crippen LogP contribution in [0, 0.1) is 6.92 Å². The summed E-state index contributed by atoms with van der Waals surface area (Å²) in [4.78, 5) is 11.6. The highest BCUT2D eigenvalue weighted by Gasteiger charge is 2.23. The molecule has 2 nitrogen and oxygen atoms in total. The van der Waals surface area contributed by atoms with E-state index in [1.54, 1.807) is 6.92 Å². The molecule has 0 aliphatic rings. The van der Waals surface area contributed by atoms with Gasteiger partial charge >= 0.3 is 5.97 Å². The maximum atomic E-state index is 11.6. The van der Waals surface area contributed by atoms with Crippen molar-refractivity contribution in [2.24, 2.45) is 0 Å². The first-order valence-electron chi connectivity index (χ1n) is 4.06. The van der Waals surface area contributed by atoms with E-state index in [4.69, 9.17) is 46.4 Å². The van der Waals surface area contributed by atoms with Gasteiger partial charge in [0.2, 0.25) is 0 Å². The highest BCUT2D eigenvalue weighted by molar-refractivity contribution is 6.53. The van der Waals surface area contributed by atoms with Gasteiger partial charge in [-0.2, -0.15) is 0 Å². The molecule has 6 heteroatoms. The summed E-state index contributed by atoms with van der Waals surface area (Å²) in [6, 6.07) is 0. The smallest absolute Gasteiger partial charge is 0.344 e. The molecule has 0 saturated carbocycles. The minimum absolute atomic E-state index is 0.0143. The lowest BCUT2D eigenvalue weighted by molar-refractivity contribution is 0.0663. The second kappa shape index (κ2) is 5.28. The van der Waals surface area contributed by atoms with Crippen molar-refractivity contribution < 1.29 is 9.53 Å². The summed E-state index contributed by atoms with van der Waals surface area (Å²) in [6.07, 6.45) is 0.995. The van der Waals surface area contributed by atoms with E-state index in [9.17, 15) is 4.79 Å². The third-order valence-electron chi connectivity index (χ3n) is 1.90. The van der Waals surface area contributed by atoms with E-state index in [-0.39, 0.29) is 25.7 Å². The molecule has 0 bridgehead atoms. The zero-order chi connectivity index (χ0) is 12.5. The van der Waals surface area contributed by atoms with Gasteiger partial charge in [0.25, 0.3) is 0 Å². The number of esters is 1. The van der Waals surface area contributed by atoms with Gasteiger partial charge in [0.15, 0.2) is 0 Å². The van der Waals surface area contributed by atoms with Crippen LogP contribution in [-0.4, -0.2) is 5.97 Å². The number of benzene rings is 1. The summed E-state index contributed by atoms with van der Waals surface area (Å²) in [7, 11) is 0. The van der Waals surface area contributed by atoms with Gasteiger partial charge in [0, 0.05) is 0 Å². The Labute approximate surface area is 113 Å². The van der Waals surface area contributed by atoms with E-state index >= 15 is 0 Å². The lowest BCUT2D eigenvalue weighted by Gasteiger charge is -2.11. The van der Waals surface area contributed by atoms with Crippen LogP contribution < -0.4 is 0 Å². The van der Waals surface area contributed by atoms with Crippen molar-refractivity contribution in [3.63, 3.8) is 0 Å². The van der Waals surface area contributed by atoms with Crippen molar-refractivity contribution in [3.8, 4) is 0 Å². The standard InChI is InChI=1S/C10H6Cl4O2/c1-3-16-10(15)5-4(2)6(11)8(13)9(14)7(5)12/h3H,1H2,2H3. The summed E-state index contributed by atoms with van der Waals surface area (Å²) in [5.41, 5.74) is 0.494. The largest absolute Gasteiger partial charge is 0.431 e. The summed E-state index contributed by atoms with van der Waals surface area (Å²) in [5, 5.41) is 0.323. The maximum absolute atomic E-state index is 11.6. The molecular formula is C10H6Cl4O2. The first kappa shape index (κ1) is 13.7. The zero-order valence-corrected chi connectivity index (χ0v) is 11.1. The van der Waals surface area contributed by atoms with E-state index in [1.165, 1.54) is 0 Å². The fourth-order valence-corrected chi connectivity index (χ4v) is 2.14. The van der Waals surface area contributed by atoms with Gasteiger partial charge in [0.05, 0.1) is 31.9 Å². The first-order chi connectivity index (χ1) is 7.41. The Kier molecular flexibility index (Phi) is 4.51. The molecule has 0 aliphatic heterocycles. The first-order valence-corrected chi connectivity index (χ1v) is 5.57. The van der Waals surface area contributed by atoms with Gasteiger partial charge in [-0.25, -0.2) is 4.79 Å². The second-order valence-electron chi connectivity index (χ2n) is 2.83. The van der Waals surface area contributed by atoms with Crippen LogP contribution in [0.15, 0.2) is 12.8 Å². The average molecular weight is 300 g/mol. The van der Waals surface area contributed by atoms with Crippen LogP contribution in [0.4, 0.5) is 0 Å². The molecule has 0 aromatic heterocycles. The SMILES string of the molecule is C=COC(=O)c1c(C)c(Cl)c(Cl)c(Cl)c1Cl. The van der Waals surface area contributed by atoms with Gasteiger partial charge in [-0.15, -0.1) is 0 Å². The molecule has 1 aromatic rings. The number of halogens is 4. The normalized spacial score (nSPS) is 10.1. The van der Waals surface area contributed by atoms with E-state index < -0.39 is 5.97 Å². The number of carbonyl (C=O) groups is 1. The van der Waals surface area contributed by atoms with Crippen molar-refractivity contribution in [1.82, 2.24) is 0 Å². The van der Waals surface area contributed by atoms with Gasteiger partial charge in [0.1, 0.15) is 0 Å². The van der Waals surface area contributed by atoms with Crippen molar-refractivity contribution >= 4 is 52.4 Å². The number of carbonyl (C=O) groups excluding carboxylic acids is 1. The Morgan fingerprint density at radius 3 is 2.12 bits per heavy atom. The molecule has 0 atom stereocenters. The topological polar surface area (TPSA) is 26.3 Å². The molecule has 1 rings (SSSR count). The fourth-order valence-electron chi connectivity index (χ4n) is 1.12. The maximum Gasteiger partial charge on any atom is 0.344 e. The quantitative estimate of drug-likeness (QED) is 0.336. The van der Waals surface area contributed by atoms with Crippen LogP contribution in [0.3, 0.4) is 0 Å². The Balaban J connectivity index is 3.51. The molecule has 1 aromatic carbocycles. The summed E-state index contributed by atoms with van der Waals surface area (Å²) < 4.78 is 4.62. The Bertz CT molecular complexity index is 439. The molecule has 0 unspecified atom stereocenters. The van der Waals surface area contributed by atoms with Crippen molar-refractivity contribution in [2.45, 2.75) is 6.92 Å². The highest BCUT2D eigenvalue weighted by atomic mass is 35.5. The summed E-state index contributed by atoms with van der Waals surface area (Å²) >= 11 is 23.4. The van der Waals surface area contributed by atoms with Crippen LogP contribution >= 0.6 is 46.4 Å². The van der Waals surface area contributed by atoms with Crippen molar-refractivity contribution in [3.05, 3.63) is 44.1 Å². The van der Waals surface area contributed by atoms with E-state index in [2.05, 4.69) is 11.3 Å². The summed E-state index contributed by atoms with van der Waals surface area (Å²) in [5.74, 6) is -0.682. The number of hydrogen-bond donors (Lipinski definition) is 0. The van der Waals surface area contributed by atoms with E-state index in [1.807, 2.05) is 0 Å². The van der Waals surface area contributed by atoms with Gasteiger partial charge in [-0.1, -0.05) is 53.0 Å². The predicted octanol–water partition coefficient (Wildman–Crippen LogP) is 4.91. The predicted molar refractivity (Wildman–Crippen MR) is 66.8 cm³/mol. The van der Waals surface area contributed by atoms with Crippen LogP contribution in [0.5, 0.6) is 0 Å². The third kappa shape index (κ3) is 2.30. The highest BCUT2D eigenvalue weighted by Crippen LogP contribution is 2.41. The molecule has 0 fully saturated rings. The van der Waals surface area contributed by atoms with Crippen LogP contribution in [0.25, 0.3) is 0 Å². The van der Waals surface area contributed by atoms with Crippen molar-refractivity contribution in [2.75, 3.05) is 0 Å². The Hall–Kier alpha value is -0.410. The second-order valence-corrected chi connectivity index (χ2v) is 4.34. The fraction of sp³-hybridized carbons (Fsp3) is 0.100. The number of ether oxygens (including phenoxy) is 1. The Morgan fingerprint density at radius 2 is 1.62 bits per heavy atom. The molecule has 0 spiro atoms. The molecule has 0 radical (unpaired) electrons. The van der Waals surface area contributed by atoms with E-state index in [0.717, 1.165) is 6.26 Å². The van der Waals surface area contributed by atoms with Crippen LogP contribution in [0.1, 0.15) is 15.9 Å². The lowest BCUT2D eigenvalue weighted by Crippen LogP contribution is -2.05. The average Bonchev–Trinajstić information content (AvgIpc) is 2.24. The minimum Gasteiger partial charge on any atom is -0.431 e. The Morgan fingerprint density at radius 1 is 1.12 bits per heavy atom. The molecular weight excluding hydrogens is 294 g/mol. The molecule has 16 heavy (non-hydrogen) atoms. The molecule has 0 N–H and O–H groups in total. The molecule has 0 amide bonds. The third-order valence-corrected chi connectivity index (χ3v) is 3.79. The number of hydrogen-bond acceptors (Lipinski definition) is 2. The number of rotatable bonds is 2. The molecule has 0 heterocycles. The van der Waals surface area contributed by atoms with Gasteiger partial charge in [-0.3, -0.25) is 0 Å². The van der Waals surface area contributed by atoms with Crippen LogP contribution in [0.2, 0.25) is 20.1 Å². The molecule has 0 saturated heterocycles. The summed E-state index contributed by atoms with van der Waals surface area (Å²) in [6.45, 7) is 4.86. The molecule has 86 valence electrons. The van der Waals surface area contributed by atoms with Gasteiger partial charge < -0.3 is 4.74 Å². The van der Waals surface area contributed by atoms with Gasteiger partial charge in [-0.05, 0) is 12.5 Å². The zero-order valence-electron chi connectivity index (χ0n) is 8.11. The van der Waals surface area contributed by atoms with E-state index in [0.29, 0.717) is 5.56 Å². The lowest BCUT2D eigenvalue weighted by atomic mass is 10.1. The minimum atomic E-state index is -0.682. The van der Waals surface area contributed by atoms with Crippen LogP contribution in [-0.2, 0) is 4.74 Å². The monoisotopic (exact) mass is 298 g/mol. The van der Waals surface area contributed by atoms with Crippen molar-refractivity contribution in [1.29, 1.82) is 0 Å².